The zero-order chi connectivity index (χ0) is 14.8. The van der Waals surface area contributed by atoms with Crippen molar-refractivity contribution >= 4 is 17.3 Å². The van der Waals surface area contributed by atoms with Crippen molar-refractivity contribution in [2.75, 3.05) is 56.5 Å². The molecule has 2 aliphatic heterocycles. The highest BCUT2D eigenvalue weighted by Crippen LogP contribution is 2.31. The molecule has 116 valence electrons. The number of hydrogen-bond donors (Lipinski definition) is 4. The average Bonchev–Trinajstić information content (AvgIpc) is 3.13. The zero-order valence-electron chi connectivity index (χ0n) is 12.4. The molecule has 0 bridgehead atoms. The Morgan fingerprint density at radius 2 is 2.14 bits per heavy atom. The Bertz CT molecular complexity index is 508. The fourth-order valence-corrected chi connectivity index (χ4v) is 3.08. The van der Waals surface area contributed by atoms with E-state index < -0.39 is 6.17 Å². The SMILES string of the molecule is CNc1[nH]cc(N2CC[C@H](F)C2)c1C(=N)N1CCNCC1. The molecule has 0 aromatic carbocycles. The second kappa shape index (κ2) is 5.93. The summed E-state index contributed by atoms with van der Waals surface area (Å²) in [5.74, 6) is 1.34. The van der Waals surface area contributed by atoms with E-state index in [1.807, 2.05) is 18.1 Å². The molecule has 0 radical (unpaired) electrons. The largest absolute Gasteiger partial charge is 0.374 e. The van der Waals surface area contributed by atoms with E-state index in [0.29, 0.717) is 25.3 Å². The summed E-state index contributed by atoms with van der Waals surface area (Å²) < 4.78 is 13.5. The van der Waals surface area contributed by atoms with Crippen LogP contribution in [0.1, 0.15) is 12.0 Å². The second-order valence-corrected chi connectivity index (χ2v) is 5.59. The highest BCUT2D eigenvalue weighted by atomic mass is 19.1. The minimum atomic E-state index is -0.765. The molecule has 0 saturated carbocycles. The van der Waals surface area contributed by atoms with Gasteiger partial charge in [-0.05, 0) is 6.42 Å². The number of amidine groups is 1. The van der Waals surface area contributed by atoms with Gasteiger partial charge in [0.1, 0.15) is 17.8 Å². The maximum atomic E-state index is 13.5. The van der Waals surface area contributed by atoms with E-state index in [-0.39, 0.29) is 0 Å². The highest BCUT2D eigenvalue weighted by molar-refractivity contribution is 6.06. The molecule has 7 heteroatoms. The first-order chi connectivity index (χ1) is 10.2. The summed E-state index contributed by atoms with van der Waals surface area (Å²) in [6.45, 7) is 4.59. The molecular formula is C14H23FN6. The second-order valence-electron chi connectivity index (χ2n) is 5.59. The van der Waals surface area contributed by atoms with E-state index in [0.717, 1.165) is 43.2 Å². The molecular weight excluding hydrogens is 271 g/mol. The minimum absolute atomic E-state index is 0.419. The predicted molar refractivity (Wildman–Crippen MR) is 83.3 cm³/mol. The van der Waals surface area contributed by atoms with Gasteiger partial charge in [-0.3, -0.25) is 5.41 Å². The molecule has 2 fully saturated rings. The van der Waals surface area contributed by atoms with Crippen LogP contribution in [0, 0.1) is 5.41 Å². The first-order valence-electron chi connectivity index (χ1n) is 7.53. The Kier molecular flexibility index (Phi) is 4.01. The van der Waals surface area contributed by atoms with Crippen LogP contribution in [0.2, 0.25) is 0 Å². The molecule has 3 rings (SSSR count). The normalized spacial score (nSPS) is 22.7. The molecule has 2 aliphatic rings. The topological polar surface area (TPSA) is 70.2 Å². The number of aromatic nitrogens is 1. The Morgan fingerprint density at radius 3 is 2.76 bits per heavy atom. The van der Waals surface area contributed by atoms with Gasteiger partial charge in [0.05, 0.1) is 11.3 Å². The summed E-state index contributed by atoms with van der Waals surface area (Å²) in [7, 11) is 1.84. The Hall–Kier alpha value is -1.76. The monoisotopic (exact) mass is 294 g/mol. The highest BCUT2D eigenvalue weighted by Gasteiger charge is 2.29. The fraction of sp³-hybridized carbons (Fsp3) is 0.643. The number of H-pyrrole nitrogens is 1. The van der Waals surface area contributed by atoms with Crippen LogP contribution in [0.15, 0.2) is 6.20 Å². The van der Waals surface area contributed by atoms with Gasteiger partial charge >= 0.3 is 0 Å². The standard InChI is InChI=1S/C14H23FN6/c1-17-14-12(13(16)20-6-3-18-4-7-20)11(8-19-14)21-5-2-10(15)9-21/h8,10,16-19H,2-7,9H2,1H3/t10-/m0/s1. The van der Waals surface area contributed by atoms with Crippen LogP contribution in [-0.2, 0) is 0 Å². The van der Waals surface area contributed by atoms with Crippen molar-refractivity contribution in [3.63, 3.8) is 0 Å². The first kappa shape index (κ1) is 14.2. The average molecular weight is 294 g/mol. The third-order valence-corrected chi connectivity index (χ3v) is 4.25. The van der Waals surface area contributed by atoms with E-state index in [9.17, 15) is 4.39 Å². The van der Waals surface area contributed by atoms with Gasteiger partial charge in [0.2, 0.25) is 0 Å². The van der Waals surface area contributed by atoms with E-state index in [4.69, 9.17) is 5.41 Å². The molecule has 21 heavy (non-hydrogen) atoms. The van der Waals surface area contributed by atoms with E-state index in [1.165, 1.54) is 0 Å². The fourth-order valence-electron chi connectivity index (χ4n) is 3.08. The zero-order valence-corrected chi connectivity index (χ0v) is 12.4. The molecule has 0 spiro atoms. The number of rotatable bonds is 3. The van der Waals surface area contributed by atoms with Crippen molar-refractivity contribution in [3.05, 3.63) is 11.8 Å². The van der Waals surface area contributed by atoms with Crippen LogP contribution in [0.25, 0.3) is 0 Å². The van der Waals surface area contributed by atoms with Gasteiger partial charge in [-0.15, -0.1) is 0 Å². The number of anilines is 2. The molecule has 1 aromatic heterocycles. The number of alkyl halides is 1. The predicted octanol–water partition coefficient (Wildman–Crippen LogP) is 0.835. The number of nitrogens with zero attached hydrogens (tertiary/aromatic N) is 2. The summed E-state index contributed by atoms with van der Waals surface area (Å²) in [6.07, 6.45) is 1.69. The summed E-state index contributed by atoms with van der Waals surface area (Å²) in [5, 5.41) is 15.0. The van der Waals surface area contributed by atoms with Crippen LogP contribution < -0.4 is 15.5 Å². The molecule has 0 amide bonds. The Morgan fingerprint density at radius 1 is 1.38 bits per heavy atom. The lowest BCUT2D eigenvalue weighted by atomic mass is 10.2. The van der Waals surface area contributed by atoms with Gasteiger partial charge in [-0.1, -0.05) is 0 Å². The Balaban J connectivity index is 1.88. The lowest BCUT2D eigenvalue weighted by Crippen LogP contribution is -2.46. The lowest BCUT2D eigenvalue weighted by molar-refractivity contribution is 0.356. The van der Waals surface area contributed by atoms with Crippen molar-refractivity contribution < 1.29 is 4.39 Å². The molecule has 1 atom stereocenters. The van der Waals surface area contributed by atoms with Gasteiger partial charge in [-0.2, -0.15) is 0 Å². The van der Waals surface area contributed by atoms with Crippen LogP contribution in [0.4, 0.5) is 15.9 Å². The summed E-state index contributed by atoms with van der Waals surface area (Å²) in [4.78, 5) is 7.29. The quantitative estimate of drug-likeness (QED) is 0.492. The van der Waals surface area contributed by atoms with Gasteiger partial charge < -0.3 is 25.4 Å². The third kappa shape index (κ3) is 2.70. The molecule has 0 unspecified atom stereocenters. The summed E-state index contributed by atoms with van der Waals surface area (Å²) in [5.41, 5.74) is 1.79. The van der Waals surface area contributed by atoms with E-state index in [1.54, 1.807) is 0 Å². The van der Waals surface area contributed by atoms with Gasteiger partial charge in [0, 0.05) is 52.5 Å². The Labute approximate surface area is 124 Å². The van der Waals surface area contributed by atoms with Crippen LogP contribution in [0.3, 0.4) is 0 Å². The number of halogens is 1. The van der Waals surface area contributed by atoms with Crippen molar-refractivity contribution in [2.24, 2.45) is 0 Å². The van der Waals surface area contributed by atoms with Crippen molar-refractivity contribution in [1.29, 1.82) is 5.41 Å². The molecule has 2 saturated heterocycles. The molecule has 0 aliphatic carbocycles. The lowest BCUT2D eigenvalue weighted by Gasteiger charge is -2.31. The van der Waals surface area contributed by atoms with Gasteiger partial charge in [-0.25, -0.2) is 4.39 Å². The number of nitrogens with one attached hydrogen (secondary N) is 4. The molecule has 6 nitrogen and oxygen atoms in total. The smallest absolute Gasteiger partial charge is 0.134 e. The molecule has 3 heterocycles. The van der Waals surface area contributed by atoms with Crippen molar-refractivity contribution in [2.45, 2.75) is 12.6 Å². The van der Waals surface area contributed by atoms with E-state index >= 15 is 0 Å². The van der Waals surface area contributed by atoms with Gasteiger partial charge in [0.15, 0.2) is 0 Å². The maximum Gasteiger partial charge on any atom is 0.134 e. The molecule has 1 aromatic rings. The van der Waals surface area contributed by atoms with E-state index in [2.05, 4.69) is 20.5 Å². The summed E-state index contributed by atoms with van der Waals surface area (Å²) in [6, 6.07) is 0. The van der Waals surface area contributed by atoms with Crippen molar-refractivity contribution in [3.8, 4) is 0 Å². The van der Waals surface area contributed by atoms with Crippen LogP contribution in [-0.4, -0.2) is 68.2 Å². The number of aromatic amines is 1. The van der Waals surface area contributed by atoms with Gasteiger partial charge in [0.25, 0.3) is 0 Å². The minimum Gasteiger partial charge on any atom is -0.374 e. The molecule has 4 N–H and O–H groups in total. The number of piperazine rings is 1. The van der Waals surface area contributed by atoms with Crippen LogP contribution in [0.5, 0.6) is 0 Å². The first-order valence-corrected chi connectivity index (χ1v) is 7.53. The maximum absolute atomic E-state index is 13.5. The number of hydrogen-bond acceptors (Lipinski definition) is 4. The summed E-state index contributed by atoms with van der Waals surface area (Å²) >= 11 is 0. The van der Waals surface area contributed by atoms with Crippen molar-refractivity contribution in [1.82, 2.24) is 15.2 Å². The van der Waals surface area contributed by atoms with Crippen LogP contribution >= 0.6 is 0 Å². The third-order valence-electron chi connectivity index (χ3n) is 4.25.